The second kappa shape index (κ2) is 4.97. The Balaban J connectivity index is 2.64. The molecule has 2 rings (SSSR count). The fourth-order valence-electron chi connectivity index (χ4n) is 3.42. The first-order chi connectivity index (χ1) is 9.47. The molecule has 1 unspecified atom stereocenters. The number of carbonyl (C=O) groups is 1. The molecule has 0 saturated carbocycles. The van der Waals surface area contributed by atoms with Crippen molar-refractivity contribution in [1.82, 2.24) is 0 Å². The van der Waals surface area contributed by atoms with Crippen LogP contribution in [-0.2, 0) is 4.79 Å². The number of carbonyl (C=O) groups excluding carboxylic acids is 1. The third-order valence-corrected chi connectivity index (χ3v) is 4.95. The van der Waals surface area contributed by atoms with Crippen molar-refractivity contribution >= 4 is 5.78 Å². The van der Waals surface area contributed by atoms with Crippen LogP contribution in [0.5, 0.6) is 0 Å². The van der Waals surface area contributed by atoms with Gasteiger partial charge in [0.05, 0.1) is 0 Å². The van der Waals surface area contributed by atoms with Crippen molar-refractivity contribution in [3.05, 3.63) is 35.5 Å². The molecule has 0 radical (unpaired) electrons. The normalized spacial score (nSPS) is 25.9. The molecule has 1 atom stereocenters. The highest BCUT2D eigenvalue weighted by atomic mass is 16.1. The zero-order valence-electron chi connectivity index (χ0n) is 14.7. The van der Waals surface area contributed by atoms with Gasteiger partial charge in [0.25, 0.3) is 0 Å². The molecule has 116 valence electrons. The van der Waals surface area contributed by atoms with E-state index >= 15 is 0 Å². The second-order valence-electron chi connectivity index (χ2n) is 8.81. The number of rotatable bonds is 0. The van der Waals surface area contributed by atoms with Crippen LogP contribution in [0.3, 0.4) is 0 Å². The maximum atomic E-state index is 13.0. The van der Waals surface area contributed by atoms with Gasteiger partial charge in [-0.05, 0) is 29.6 Å². The molecule has 1 heteroatoms. The zero-order valence-corrected chi connectivity index (χ0v) is 14.7. The predicted molar refractivity (Wildman–Crippen MR) is 90.1 cm³/mol. The first kappa shape index (κ1) is 16.3. The van der Waals surface area contributed by atoms with Gasteiger partial charge in [0, 0.05) is 16.6 Å². The molecule has 2 aliphatic carbocycles. The molecule has 0 aromatic rings. The molecule has 0 aromatic carbocycles. The molecule has 1 nitrogen and oxygen atoms in total. The lowest BCUT2D eigenvalue weighted by Gasteiger charge is -2.43. The van der Waals surface area contributed by atoms with Crippen LogP contribution in [0.1, 0.15) is 61.3 Å². The quantitative estimate of drug-likeness (QED) is 0.538. The van der Waals surface area contributed by atoms with E-state index in [2.05, 4.69) is 72.8 Å². The molecule has 0 bridgehead atoms. The highest BCUT2D eigenvalue weighted by Crippen LogP contribution is 2.49. The summed E-state index contributed by atoms with van der Waals surface area (Å²) in [5, 5.41) is 0. The van der Waals surface area contributed by atoms with Gasteiger partial charge < -0.3 is 0 Å². The van der Waals surface area contributed by atoms with Gasteiger partial charge in [-0.1, -0.05) is 72.8 Å². The Morgan fingerprint density at radius 1 is 1.00 bits per heavy atom. The predicted octanol–water partition coefficient (Wildman–Crippen LogP) is 5.49. The van der Waals surface area contributed by atoms with Crippen molar-refractivity contribution in [2.24, 2.45) is 22.2 Å². The summed E-state index contributed by atoms with van der Waals surface area (Å²) in [5.74, 6) is 0.705. The van der Waals surface area contributed by atoms with E-state index in [1.807, 2.05) is 0 Å². The third-order valence-electron chi connectivity index (χ3n) is 4.95. The Hall–Kier alpha value is -1.11. The van der Waals surface area contributed by atoms with Gasteiger partial charge in [-0.15, -0.1) is 0 Å². The summed E-state index contributed by atoms with van der Waals surface area (Å²) in [7, 11) is 0. The lowest BCUT2D eigenvalue weighted by atomic mass is 9.60. The minimum atomic E-state index is -0.101. The van der Waals surface area contributed by atoms with Crippen molar-refractivity contribution < 1.29 is 4.79 Å². The lowest BCUT2D eigenvalue weighted by Crippen LogP contribution is -2.37. The molecule has 1 spiro atoms. The molecule has 0 N–H and O–H groups in total. The largest absolute Gasteiger partial charge is 0.289 e. The molecule has 0 fully saturated rings. The maximum absolute atomic E-state index is 13.0. The first-order valence-electron chi connectivity index (χ1n) is 8.15. The minimum absolute atomic E-state index is 0.0217. The van der Waals surface area contributed by atoms with Crippen LogP contribution in [0.25, 0.3) is 0 Å². The Kier molecular flexibility index (Phi) is 3.85. The van der Waals surface area contributed by atoms with Crippen LogP contribution in [0, 0.1) is 22.2 Å². The molecular weight excluding hydrogens is 256 g/mol. The lowest BCUT2D eigenvalue weighted by molar-refractivity contribution is -0.114. The van der Waals surface area contributed by atoms with E-state index in [0.29, 0.717) is 5.92 Å². The SMILES string of the molecule is CC1C=CCCC12C=C(C(C)(C)C)C(=O)C(C(C)(C)C)=C2. The average Bonchev–Trinajstić information content (AvgIpc) is 2.33. The fraction of sp³-hybridized carbons (Fsp3) is 0.650. The number of hydrogen-bond acceptors (Lipinski definition) is 1. The van der Waals surface area contributed by atoms with Crippen LogP contribution >= 0.6 is 0 Å². The highest BCUT2D eigenvalue weighted by molar-refractivity contribution is 6.11. The van der Waals surface area contributed by atoms with Crippen molar-refractivity contribution in [1.29, 1.82) is 0 Å². The fourth-order valence-corrected chi connectivity index (χ4v) is 3.42. The van der Waals surface area contributed by atoms with Crippen molar-refractivity contribution in [2.45, 2.75) is 61.3 Å². The molecule has 2 aliphatic rings. The van der Waals surface area contributed by atoms with Gasteiger partial charge in [-0.3, -0.25) is 4.79 Å². The van der Waals surface area contributed by atoms with E-state index in [1.165, 1.54) is 0 Å². The van der Waals surface area contributed by atoms with Crippen molar-refractivity contribution in [3.8, 4) is 0 Å². The summed E-state index contributed by atoms with van der Waals surface area (Å²) in [4.78, 5) is 13.0. The second-order valence-corrected chi connectivity index (χ2v) is 8.81. The van der Waals surface area contributed by atoms with Crippen LogP contribution in [0.2, 0.25) is 0 Å². The van der Waals surface area contributed by atoms with Gasteiger partial charge in [-0.25, -0.2) is 0 Å². The van der Waals surface area contributed by atoms with Gasteiger partial charge in [0.1, 0.15) is 0 Å². The topological polar surface area (TPSA) is 17.1 Å². The third kappa shape index (κ3) is 2.93. The van der Waals surface area contributed by atoms with Crippen molar-refractivity contribution in [3.63, 3.8) is 0 Å². The Labute approximate surface area is 130 Å². The minimum Gasteiger partial charge on any atom is -0.289 e. The first-order valence-corrected chi connectivity index (χ1v) is 8.15. The van der Waals surface area contributed by atoms with E-state index in [9.17, 15) is 4.79 Å². The summed E-state index contributed by atoms with van der Waals surface area (Å²) < 4.78 is 0. The van der Waals surface area contributed by atoms with Gasteiger partial charge in [0.15, 0.2) is 5.78 Å². The molecule has 0 heterocycles. The Morgan fingerprint density at radius 2 is 1.48 bits per heavy atom. The van der Waals surface area contributed by atoms with Crippen LogP contribution in [0.4, 0.5) is 0 Å². The van der Waals surface area contributed by atoms with Gasteiger partial charge >= 0.3 is 0 Å². The van der Waals surface area contributed by atoms with E-state index in [1.54, 1.807) is 0 Å². The van der Waals surface area contributed by atoms with E-state index in [-0.39, 0.29) is 22.0 Å². The summed E-state index contributed by atoms with van der Waals surface area (Å²) in [6.07, 6.45) is 11.4. The number of Topliss-reactive ketones (excluding diaryl/α,β-unsaturated/α-hetero) is 1. The number of allylic oxidation sites excluding steroid dienone is 6. The van der Waals surface area contributed by atoms with Crippen LogP contribution in [0.15, 0.2) is 35.5 Å². The molecule has 0 aromatic heterocycles. The monoisotopic (exact) mass is 286 g/mol. The Morgan fingerprint density at radius 3 is 1.86 bits per heavy atom. The van der Waals surface area contributed by atoms with Gasteiger partial charge in [0.2, 0.25) is 0 Å². The van der Waals surface area contributed by atoms with Crippen molar-refractivity contribution in [2.75, 3.05) is 0 Å². The van der Waals surface area contributed by atoms with Gasteiger partial charge in [-0.2, -0.15) is 0 Å². The Bertz CT molecular complexity index is 495. The van der Waals surface area contributed by atoms with Crippen LogP contribution in [-0.4, -0.2) is 5.78 Å². The molecule has 21 heavy (non-hydrogen) atoms. The average molecular weight is 286 g/mol. The summed E-state index contributed by atoms with van der Waals surface area (Å²) in [6, 6.07) is 0. The number of hydrogen-bond donors (Lipinski definition) is 0. The number of ketones is 1. The highest BCUT2D eigenvalue weighted by Gasteiger charge is 2.43. The molecular formula is C20H30O. The smallest absolute Gasteiger partial charge is 0.185 e. The summed E-state index contributed by atoms with van der Waals surface area (Å²) in [6.45, 7) is 15.2. The molecule has 0 saturated heterocycles. The zero-order chi connectivity index (χ0) is 16.1. The maximum Gasteiger partial charge on any atom is 0.185 e. The van der Waals surface area contributed by atoms with E-state index in [0.717, 1.165) is 24.0 Å². The molecule has 0 amide bonds. The van der Waals surface area contributed by atoms with E-state index < -0.39 is 0 Å². The summed E-state index contributed by atoms with van der Waals surface area (Å²) in [5.41, 5.74) is 1.81. The molecule has 0 aliphatic heterocycles. The van der Waals surface area contributed by atoms with E-state index in [4.69, 9.17) is 0 Å². The van der Waals surface area contributed by atoms with Crippen LogP contribution < -0.4 is 0 Å². The summed E-state index contributed by atoms with van der Waals surface area (Å²) >= 11 is 0. The standard InChI is InChI=1S/C20H30O/c1-14-10-8-9-11-20(14)12-15(18(2,3)4)17(21)16(13-20)19(5,6)7/h8,10,12-14H,9,11H2,1-7H3.